The molecule has 2 aromatic carbocycles. The first kappa shape index (κ1) is 14.0. The highest BCUT2D eigenvalue weighted by Crippen LogP contribution is 2.34. The SMILES string of the molecule is COC(=O)c1ccc2c(c1)/C(=C\c1ccc(F)cc1)C(=O)N2. The number of ether oxygens (including phenoxy) is 1. The van der Waals surface area contributed by atoms with E-state index in [4.69, 9.17) is 0 Å². The molecule has 110 valence electrons. The first-order valence-electron chi connectivity index (χ1n) is 6.60. The Morgan fingerprint density at radius 3 is 2.59 bits per heavy atom. The van der Waals surface area contributed by atoms with Crippen LogP contribution in [0.3, 0.4) is 0 Å². The summed E-state index contributed by atoms with van der Waals surface area (Å²) in [5.74, 6) is -1.07. The molecule has 5 heteroatoms. The number of hydrogen-bond donors (Lipinski definition) is 1. The first-order chi connectivity index (χ1) is 10.6. The van der Waals surface area contributed by atoms with Gasteiger partial charge in [0, 0.05) is 16.8 Å². The Morgan fingerprint density at radius 2 is 1.91 bits per heavy atom. The van der Waals surface area contributed by atoms with Crippen molar-refractivity contribution in [2.24, 2.45) is 0 Å². The zero-order valence-electron chi connectivity index (χ0n) is 11.7. The lowest BCUT2D eigenvalue weighted by Crippen LogP contribution is -2.03. The molecule has 2 aromatic rings. The van der Waals surface area contributed by atoms with Crippen LogP contribution in [-0.2, 0) is 9.53 Å². The van der Waals surface area contributed by atoms with Gasteiger partial charge >= 0.3 is 5.97 Å². The molecule has 1 aliphatic heterocycles. The molecular weight excluding hydrogens is 285 g/mol. The van der Waals surface area contributed by atoms with Gasteiger partial charge in [-0.15, -0.1) is 0 Å². The molecule has 4 nitrogen and oxygen atoms in total. The molecule has 1 N–H and O–H groups in total. The average molecular weight is 297 g/mol. The van der Waals surface area contributed by atoms with Gasteiger partial charge < -0.3 is 10.1 Å². The number of fused-ring (bicyclic) bond motifs is 1. The number of halogens is 1. The van der Waals surface area contributed by atoms with Crippen LogP contribution in [0.5, 0.6) is 0 Å². The van der Waals surface area contributed by atoms with Gasteiger partial charge in [-0.2, -0.15) is 0 Å². The zero-order chi connectivity index (χ0) is 15.7. The van der Waals surface area contributed by atoms with Crippen molar-refractivity contribution in [3.8, 4) is 0 Å². The molecule has 0 aliphatic carbocycles. The van der Waals surface area contributed by atoms with Gasteiger partial charge in [-0.05, 0) is 42.0 Å². The summed E-state index contributed by atoms with van der Waals surface area (Å²) >= 11 is 0. The van der Waals surface area contributed by atoms with Gasteiger partial charge in [-0.1, -0.05) is 12.1 Å². The number of methoxy groups -OCH3 is 1. The Morgan fingerprint density at radius 1 is 1.18 bits per heavy atom. The van der Waals surface area contributed by atoms with Crippen LogP contribution in [0.4, 0.5) is 10.1 Å². The molecule has 0 aromatic heterocycles. The van der Waals surface area contributed by atoms with Crippen LogP contribution in [0.25, 0.3) is 11.6 Å². The van der Waals surface area contributed by atoms with Crippen LogP contribution in [-0.4, -0.2) is 19.0 Å². The molecule has 0 bridgehead atoms. The fourth-order valence-electron chi connectivity index (χ4n) is 2.30. The average Bonchev–Trinajstić information content (AvgIpc) is 2.84. The molecule has 1 aliphatic rings. The van der Waals surface area contributed by atoms with Gasteiger partial charge in [0.1, 0.15) is 5.82 Å². The summed E-state index contributed by atoms with van der Waals surface area (Å²) in [6, 6.07) is 10.7. The summed E-state index contributed by atoms with van der Waals surface area (Å²) in [5, 5.41) is 2.73. The molecule has 0 saturated carbocycles. The summed E-state index contributed by atoms with van der Waals surface area (Å²) in [6.07, 6.45) is 1.65. The highest BCUT2D eigenvalue weighted by atomic mass is 19.1. The molecule has 1 amide bonds. The molecule has 0 radical (unpaired) electrons. The molecule has 0 atom stereocenters. The van der Waals surface area contributed by atoms with Crippen LogP contribution in [0, 0.1) is 5.82 Å². The number of rotatable bonds is 2. The minimum absolute atomic E-state index is 0.263. The second-order valence-corrected chi connectivity index (χ2v) is 4.82. The Hall–Kier alpha value is -2.95. The number of anilines is 1. The van der Waals surface area contributed by atoms with Crippen LogP contribution in [0.2, 0.25) is 0 Å². The third kappa shape index (κ3) is 2.48. The van der Waals surface area contributed by atoms with Gasteiger partial charge in [0.25, 0.3) is 5.91 Å². The molecule has 3 rings (SSSR count). The Kier molecular flexibility index (Phi) is 3.47. The summed E-state index contributed by atoms with van der Waals surface area (Å²) in [7, 11) is 1.30. The fourth-order valence-corrected chi connectivity index (χ4v) is 2.30. The maximum Gasteiger partial charge on any atom is 0.337 e. The van der Waals surface area contributed by atoms with Crippen LogP contribution in [0.15, 0.2) is 42.5 Å². The van der Waals surface area contributed by atoms with E-state index in [0.717, 1.165) is 0 Å². The first-order valence-corrected chi connectivity index (χ1v) is 6.60. The van der Waals surface area contributed by atoms with Crippen molar-refractivity contribution in [1.82, 2.24) is 0 Å². The van der Waals surface area contributed by atoms with Crippen molar-refractivity contribution >= 4 is 29.2 Å². The minimum atomic E-state index is -0.469. The highest BCUT2D eigenvalue weighted by molar-refractivity contribution is 6.35. The second-order valence-electron chi connectivity index (χ2n) is 4.82. The van der Waals surface area contributed by atoms with E-state index >= 15 is 0 Å². The maximum absolute atomic E-state index is 12.9. The number of carbonyl (C=O) groups excluding carboxylic acids is 2. The predicted octanol–water partition coefficient (Wildman–Crippen LogP) is 3.11. The van der Waals surface area contributed by atoms with Gasteiger partial charge in [-0.3, -0.25) is 4.79 Å². The lowest BCUT2D eigenvalue weighted by molar-refractivity contribution is -0.110. The Bertz CT molecular complexity index is 794. The molecular formula is C17H12FNO3. The largest absolute Gasteiger partial charge is 0.465 e. The Balaban J connectivity index is 2.06. The fraction of sp³-hybridized carbons (Fsp3) is 0.0588. The van der Waals surface area contributed by atoms with E-state index in [1.807, 2.05) is 0 Å². The van der Waals surface area contributed by atoms with Crippen molar-refractivity contribution < 1.29 is 18.7 Å². The third-order valence-electron chi connectivity index (χ3n) is 3.40. The quantitative estimate of drug-likeness (QED) is 0.684. The number of hydrogen-bond acceptors (Lipinski definition) is 3. The van der Waals surface area contributed by atoms with Crippen molar-refractivity contribution in [2.45, 2.75) is 0 Å². The summed E-state index contributed by atoms with van der Waals surface area (Å²) in [6.45, 7) is 0. The van der Waals surface area contributed by atoms with Crippen LogP contribution >= 0.6 is 0 Å². The van der Waals surface area contributed by atoms with Gasteiger partial charge in [-0.25, -0.2) is 9.18 Å². The molecule has 1 heterocycles. The number of carbonyl (C=O) groups is 2. The van der Waals surface area contributed by atoms with E-state index in [1.165, 1.54) is 19.2 Å². The lowest BCUT2D eigenvalue weighted by atomic mass is 10.0. The van der Waals surface area contributed by atoms with Crippen LogP contribution in [0.1, 0.15) is 21.5 Å². The zero-order valence-corrected chi connectivity index (χ0v) is 11.7. The molecule has 0 unspecified atom stereocenters. The van der Waals surface area contributed by atoms with Gasteiger partial charge in [0.05, 0.1) is 12.7 Å². The highest BCUT2D eigenvalue weighted by Gasteiger charge is 2.25. The Labute approximate surface area is 126 Å². The van der Waals surface area contributed by atoms with Crippen molar-refractivity contribution in [3.05, 3.63) is 65.0 Å². The number of nitrogens with one attached hydrogen (secondary N) is 1. The molecule has 0 spiro atoms. The molecule has 0 saturated heterocycles. The predicted molar refractivity (Wildman–Crippen MR) is 80.7 cm³/mol. The smallest absolute Gasteiger partial charge is 0.337 e. The van der Waals surface area contributed by atoms with Crippen molar-refractivity contribution in [1.29, 1.82) is 0 Å². The molecule has 22 heavy (non-hydrogen) atoms. The van der Waals surface area contributed by atoms with Crippen molar-refractivity contribution in [3.63, 3.8) is 0 Å². The van der Waals surface area contributed by atoms with E-state index in [-0.39, 0.29) is 11.7 Å². The monoisotopic (exact) mass is 297 g/mol. The van der Waals surface area contributed by atoms with Crippen LogP contribution < -0.4 is 5.32 Å². The standard InChI is InChI=1S/C17H12FNO3/c1-22-17(21)11-4-7-15-13(9-11)14(16(20)19-15)8-10-2-5-12(18)6-3-10/h2-9H,1H3,(H,19,20)/b14-8+. The summed E-state index contributed by atoms with van der Waals surface area (Å²) in [5.41, 5.74) is 2.74. The third-order valence-corrected chi connectivity index (χ3v) is 3.40. The number of amides is 1. The normalized spacial score (nSPS) is 14.6. The number of esters is 1. The second kappa shape index (κ2) is 5.44. The van der Waals surface area contributed by atoms with E-state index < -0.39 is 5.97 Å². The maximum atomic E-state index is 12.9. The summed E-state index contributed by atoms with van der Waals surface area (Å²) < 4.78 is 17.6. The van der Waals surface area contributed by atoms with E-state index in [0.29, 0.717) is 28.0 Å². The topological polar surface area (TPSA) is 55.4 Å². The minimum Gasteiger partial charge on any atom is -0.465 e. The van der Waals surface area contributed by atoms with Gasteiger partial charge in [0.2, 0.25) is 0 Å². The van der Waals surface area contributed by atoms with E-state index in [9.17, 15) is 14.0 Å². The van der Waals surface area contributed by atoms with Gasteiger partial charge in [0.15, 0.2) is 0 Å². The summed E-state index contributed by atoms with van der Waals surface area (Å²) in [4.78, 5) is 23.7. The van der Waals surface area contributed by atoms with E-state index in [1.54, 1.807) is 36.4 Å². The number of benzene rings is 2. The van der Waals surface area contributed by atoms with Crippen molar-refractivity contribution in [2.75, 3.05) is 12.4 Å². The van der Waals surface area contributed by atoms with E-state index in [2.05, 4.69) is 10.1 Å². The lowest BCUT2D eigenvalue weighted by Gasteiger charge is -2.03. The molecule has 0 fully saturated rings.